The van der Waals surface area contributed by atoms with E-state index in [1.165, 1.54) is 6.42 Å². The molecule has 1 saturated heterocycles. The summed E-state index contributed by atoms with van der Waals surface area (Å²) >= 11 is 0. The van der Waals surface area contributed by atoms with Crippen molar-refractivity contribution >= 4 is 11.8 Å². The number of rotatable bonds is 6. The highest BCUT2D eigenvalue weighted by Crippen LogP contribution is 2.19. The molecule has 19 heavy (non-hydrogen) atoms. The lowest BCUT2D eigenvalue weighted by molar-refractivity contribution is -0.137. The fourth-order valence-corrected chi connectivity index (χ4v) is 2.64. The molecular formula is C14H27N3O2. The lowest BCUT2D eigenvalue weighted by Crippen LogP contribution is -2.50. The molecule has 2 amide bonds. The zero-order valence-electron chi connectivity index (χ0n) is 12.4. The Labute approximate surface area is 116 Å². The topological polar surface area (TPSA) is 66.6 Å². The fourth-order valence-electron chi connectivity index (χ4n) is 2.64. The predicted octanol–water partition coefficient (Wildman–Crippen LogP) is 0.973. The Morgan fingerprint density at radius 2 is 2.00 bits per heavy atom. The second-order valence-electron chi connectivity index (χ2n) is 5.61. The molecule has 0 spiro atoms. The first-order valence-corrected chi connectivity index (χ1v) is 7.27. The Hall–Kier alpha value is -1.10. The number of piperidine rings is 1. The molecular weight excluding hydrogens is 242 g/mol. The average Bonchev–Trinajstić information content (AvgIpc) is 2.37. The van der Waals surface area contributed by atoms with E-state index in [4.69, 9.17) is 5.73 Å². The van der Waals surface area contributed by atoms with Crippen molar-refractivity contribution in [3.8, 4) is 0 Å². The van der Waals surface area contributed by atoms with Crippen molar-refractivity contribution in [2.45, 2.75) is 58.5 Å². The second kappa shape index (κ2) is 7.48. The maximum Gasteiger partial charge on any atom is 0.237 e. The lowest BCUT2D eigenvalue weighted by atomic mass is 10.00. The summed E-state index contributed by atoms with van der Waals surface area (Å²) in [6.45, 7) is 7.36. The van der Waals surface area contributed by atoms with Crippen molar-refractivity contribution in [2.24, 2.45) is 5.73 Å². The number of amides is 2. The summed E-state index contributed by atoms with van der Waals surface area (Å²) in [5, 5.41) is 0. The SMILES string of the molecule is CC[C@@H]1CCCCN1C(=O)CN(CC(N)=O)C(C)C. The number of nitrogens with two attached hydrogens (primary N) is 1. The van der Waals surface area contributed by atoms with E-state index < -0.39 is 0 Å². The molecule has 0 aliphatic carbocycles. The highest BCUT2D eigenvalue weighted by atomic mass is 16.2. The fraction of sp³-hybridized carbons (Fsp3) is 0.857. The van der Waals surface area contributed by atoms with Gasteiger partial charge < -0.3 is 10.6 Å². The minimum absolute atomic E-state index is 0.126. The zero-order valence-corrected chi connectivity index (χ0v) is 12.4. The minimum atomic E-state index is -0.382. The zero-order chi connectivity index (χ0) is 14.4. The quantitative estimate of drug-likeness (QED) is 0.781. The van der Waals surface area contributed by atoms with Gasteiger partial charge in [-0.3, -0.25) is 14.5 Å². The van der Waals surface area contributed by atoms with Gasteiger partial charge in [-0.05, 0) is 39.5 Å². The summed E-state index contributed by atoms with van der Waals surface area (Å²) in [6, 6.07) is 0.505. The molecule has 5 nitrogen and oxygen atoms in total. The second-order valence-corrected chi connectivity index (χ2v) is 5.61. The summed E-state index contributed by atoms with van der Waals surface area (Å²) in [5.41, 5.74) is 5.23. The Kier molecular flexibility index (Phi) is 6.28. The van der Waals surface area contributed by atoms with E-state index in [0.717, 1.165) is 25.8 Å². The standard InChI is InChI=1S/C14H27N3O2/c1-4-12-7-5-6-8-17(12)14(19)10-16(11(2)3)9-13(15)18/h11-12H,4-10H2,1-3H3,(H2,15,18)/t12-/m1/s1. The number of hydrogen-bond acceptors (Lipinski definition) is 3. The Morgan fingerprint density at radius 1 is 1.32 bits per heavy atom. The number of hydrogen-bond donors (Lipinski definition) is 1. The van der Waals surface area contributed by atoms with Gasteiger partial charge in [-0.25, -0.2) is 0 Å². The van der Waals surface area contributed by atoms with E-state index in [2.05, 4.69) is 6.92 Å². The van der Waals surface area contributed by atoms with Gasteiger partial charge in [0.05, 0.1) is 13.1 Å². The van der Waals surface area contributed by atoms with Crippen molar-refractivity contribution in [3.05, 3.63) is 0 Å². The van der Waals surface area contributed by atoms with Gasteiger partial charge in [0.25, 0.3) is 0 Å². The number of carbonyl (C=O) groups is 2. The highest BCUT2D eigenvalue weighted by molar-refractivity contribution is 5.80. The van der Waals surface area contributed by atoms with Crippen LogP contribution in [-0.4, -0.2) is 53.3 Å². The van der Waals surface area contributed by atoms with Gasteiger partial charge in [0.1, 0.15) is 0 Å². The van der Waals surface area contributed by atoms with Crippen molar-refractivity contribution in [1.29, 1.82) is 0 Å². The predicted molar refractivity (Wildman–Crippen MR) is 75.5 cm³/mol. The van der Waals surface area contributed by atoms with Gasteiger partial charge >= 0.3 is 0 Å². The summed E-state index contributed by atoms with van der Waals surface area (Å²) in [7, 11) is 0. The minimum Gasteiger partial charge on any atom is -0.369 e. The number of likely N-dealkylation sites (tertiary alicyclic amines) is 1. The van der Waals surface area contributed by atoms with Gasteiger partial charge in [-0.1, -0.05) is 6.92 Å². The van der Waals surface area contributed by atoms with E-state index >= 15 is 0 Å². The van der Waals surface area contributed by atoms with Crippen molar-refractivity contribution < 1.29 is 9.59 Å². The molecule has 1 heterocycles. The third-order valence-corrected chi connectivity index (χ3v) is 3.85. The van der Waals surface area contributed by atoms with Crippen molar-refractivity contribution in [3.63, 3.8) is 0 Å². The van der Waals surface area contributed by atoms with Gasteiger partial charge in [-0.2, -0.15) is 0 Å². The Morgan fingerprint density at radius 3 is 2.53 bits per heavy atom. The van der Waals surface area contributed by atoms with Crippen LogP contribution in [0.25, 0.3) is 0 Å². The molecule has 0 aromatic carbocycles. The molecule has 110 valence electrons. The Balaban J connectivity index is 2.61. The van der Waals surface area contributed by atoms with Crippen LogP contribution >= 0.6 is 0 Å². The molecule has 1 aliphatic heterocycles. The average molecular weight is 269 g/mol. The molecule has 0 bridgehead atoms. The molecule has 1 atom stereocenters. The van der Waals surface area contributed by atoms with Crippen LogP contribution in [0, 0.1) is 0 Å². The first kappa shape index (κ1) is 16.0. The van der Waals surface area contributed by atoms with Crippen molar-refractivity contribution in [2.75, 3.05) is 19.6 Å². The molecule has 0 saturated carbocycles. The molecule has 1 fully saturated rings. The molecule has 5 heteroatoms. The van der Waals surface area contributed by atoms with E-state index in [9.17, 15) is 9.59 Å². The van der Waals surface area contributed by atoms with Gasteiger partial charge in [-0.15, -0.1) is 0 Å². The van der Waals surface area contributed by atoms with Crippen LogP contribution in [0.15, 0.2) is 0 Å². The first-order valence-electron chi connectivity index (χ1n) is 7.27. The van der Waals surface area contributed by atoms with Crippen LogP contribution in [0.5, 0.6) is 0 Å². The molecule has 0 aromatic rings. The number of primary amides is 1. The van der Waals surface area contributed by atoms with E-state index in [1.54, 1.807) is 0 Å². The third-order valence-electron chi connectivity index (χ3n) is 3.85. The lowest BCUT2D eigenvalue weighted by Gasteiger charge is -2.37. The van der Waals surface area contributed by atoms with Gasteiger partial charge in [0.2, 0.25) is 11.8 Å². The maximum absolute atomic E-state index is 12.4. The first-order chi connectivity index (χ1) is 8.95. The monoisotopic (exact) mass is 269 g/mol. The van der Waals surface area contributed by atoms with Gasteiger partial charge in [0, 0.05) is 18.6 Å². The van der Waals surface area contributed by atoms with Gasteiger partial charge in [0.15, 0.2) is 0 Å². The van der Waals surface area contributed by atoms with Crippen LogP contribution < -0.4 is 5.73 Å². The third kappa shape index (κ3) is 4.82. The molecule has 1 aliphatic rings. The summed E-state index contributed by atoms with van der Waals surface area (Å²) in [6.07, 6.45) is 4.39. The van der Waals surface area contributed by atoms with Crippen LogP contribution in [0.4, 0.5) is 0 Å². The molecule has 2 N–H and O–H groups in total. The van der Waals surface area contributed by atoms with Crippen molar-refractivity contribution in [1.82, 2.24) is 9.80 Å². The number of carbonyl (C=O) groups excluding carboxylic acids is 2. The maximum atomic E-state index is 12.4. The van der Waals surface area contributed by atoms with Crippen LogP contribution in [0.1, 0.15) is 46.5 Å². The highest BCUT2D eigenvalue weighted by Gasteiger charge is 2.27. The summed E-state index contributed by atoms with van der Waals surface area (Å²) in [4.78, 5) is 27.3. The normalized spacial score (nSPS) is 20.1. The molecule has 1 rings (SSSR count). The number of nitrogens with zero attached hydrogens (tertiary/aromatic N) is 2. The summed E-state index contributed by atoms with van der Waals surface area (Å²) in [5.74, 6) is -0.256. The molecule has 0 radical (unpaired) electrons. The van der Waals surface area contributed by atoms with E-state index in [-0.39, 0.29) is 30.9 Å². The smallest absolute Gasteiger partial charge is 0.237 e. The van der Waals surface area contributed by atoms with E-state index in [1.807, 2.05) is 23.6 Å². The molecule has 0 unspecified atom stereocenters. The van der Waals surface area contributed by atoms with Crippen LogP contribution in [0.3, 0.4) is 0 Å². The Bertz CT molecular complexity index is 318. The largest absolute Gasteiger partial charge is 0.369 e. The van der Waals surface area contributed by atoms with E-state index in [0.29, 0.717) is 6.04 Å². The molecule has 0 aromatic heterocycles. The summed E-state index contributed by atoms with van der Waals surface area (Å²) < 4.78 is 0. The van der Waals surface area contributed by atoms with Crippen LogP contribution in [-0.2, 0) is 9.59 Å². The van der Waals surface area contributed by atoms with Crippen LogP contribution in [0.2, 0.25) is 0 Å².